The Morgan fingerprint density at radius 2 is 2.41 bits per heavy atom. The summed E-state index contributed by atoms with van der Waals surface area (Å²) in [5.74, 6) is -0.340. The first kappa shape index (κ1) is 11.6. The van der Waals surface area contributed by atoms with E-state index in [2.05, 4.69) is 20.5 Å². The van der Waals surface area contributed by atoms with Gasteiger partial charge in [-0.1, -0.05) is 6.92 Å². The number of H-pyrrole nitrogens is 1. The topological polar surface area (TPSA) is 96.7 Å². The van der Waals surface area contributed by atoms with Crippen LogP contribution in [0, 0.1) is 6.92 Å². The van der Waals surface area contributed by atoms with Crippen LogP contribution in [0.15, 0.2) is 5.38 Å². The zero-order valence-electron chi connectivity index (χ0n) is 9.57. The van der Waals surface area contributed by atoms with Gasteiger partial charge in [-0.05, 0) is 13.3 Å². The van der Waals surface area contributed by atoms with Gasteiger partial charge in [-0.25, -0.2) is 4.98 Å². The number of rotatable bonds is 3. The van der Waals surface area contributed by atoms with Gasteiger partial charge in [-0.3, -0.25) is 15.2 Å². The molecule has 0 aromatic carbocycles. The van der Waals surface area contributed by atoms with Crippen LogP contribution in [0.1, 0.15) is 28.8 Å². The van der Waals surface area contributed by atoms with Crippen LogP contribution in [-0.2, 0) is 6.42 Å². The molecule has 0 aliphatic rings. The van der Waals surface area contributed by atoms with Crippen LogP contribution >= 0.6 is 11.3 Å². The Balaban J connectivity index is 2.17. The van der Waals surface area contributed by atoms with Gasteiger partial charge in [-0.15, -0.1) is 11.3 Å². The second-order valence-electron chi connectivity index (χ2n) is 3.57. The maximum atomic E-state index is 11.9. The molecule has 90 valence electrons. The first-order valence-electron chi connectivity index (χ1n) is 5.18. The molecule has 0 saturated heterocycles. The molecule has 0 aliphatic carbocycles. The summed E-state index contributed by atoms with van der Waals surface area (Å²) in [6, 6.07) is 0. The van der Waals surface area contributed by atoms with Crippen LogP contribution < -0.4 is 11.1 Å². The third-order valence-corrected chi connectivity index (χ3v) is 3.17. The minimum atomic E-state index is -0.340. The van der Waals surface area contributed by atoms with E-state index in [9.17, 15) is 4.79 Å². The van der Waals surface area contributed by atoms with E-state index in [0.29, 0.717) is 17.2 Å². The van der Waals surface area contributed by atoms with Crippen molar-refractivity contribution in [1.82, 2.24) is 15.2 Å². The zero-order chi connectivity index (χ0) is 12.4. The number of hydrogen-bond acceptors (Lipinski definition) is 5. The van der Waals surface area contributed by atoms with E-state index >= 15 is 0 Å². The maximum Gasteiger partial charge on any atom is 0.280 e. The number of aromatic nitrogens is 3. The van der Waals surface area contributed by atoms with E-state index < -0.39 is 0 Å². The van der Waals surface area contributed by atoms with Gasteiger partial charge in [0.25, 0.3) is 5.91 Å². The molecule has 7 heteroatoms. The van der Waals surface area contributed by atoms with Gasteiger partial charge in [0.2, 0.25) is 0 Å². The number of amides is 1. The molecule has 0 unspecified atom stereocenters. The summed E-state index contributed by atoms with van der Waals surface area (Å²) in [7, 11) is 0. The average Bonchev–Trinajstić information content (AvgIpc) is 2.85. The molecule has 0 spiro atoms. The van der Waals surface area contributed by atoms with Crippen LogP contribution in [0.2, 0.25) is 0 Å². The molecule has 6 nitrogen and oxygen atoms in total. The van der Waals surface area contributed by atoms with Gasteiger partial charge in [-0.2, -0.15) is 5.10 Å². The molecule has 0 radical (unpaired) electrons. The highest BCUT2D eigenvalue weighted by molar-refractivity contribution is 7.13. The number of hydrogen-bond donors (Lipinski definition) is 3. The van der Waals surface area contributed by atoms with E-state index in [0.717, 1.165) is 11.4 Å². The van der Waals surface area contributed by atoms with Gasteiger partial charge in [0, 0.05) is 5.38 Å². The van der Waals surface area contributed by atoms with Crippen LogP contribution in [0.3, 0.4) is 0 Å². The summed E-state index contributed by atoms with van der Waals surface area (Å²) in [4.78, 5) is 16.0. The quantitative estimate of drug-likeness (QED) is 0.771. The van der Waals surface area contributed by atoms with Gasteiger partial charge >= 0.3 is 0 Å². The molecule has 2 rings (SSSR count). The molecule has 0 bridgehead atoms. The van der Waals surface area contributed by atoms with Crippen molar-refractivity contribution < 1.29 is 4.79 Å². The molecule has 1 amide bonds. The summed E-state index contributed by atoms with van der Waals surface area (Å²) >= 11 is 1.37. The van der Waals surface area contributed by atoms with Crippen molar-refractivity contribution in [3.8, 4) is 0 Å². The van der Waals surface area contributed by atoms with E-state index in [1.54, 1.807) is 0 Å². The van der Waals surface area contributed by atoms with Gasteiger partial charge in [0.1, 0.15) is 0 Å². The van der Waals surface area contributed by atoms with Crippen molar-refractivity contribution >= 4 is 28.1 Å². The molecular formula is C10H13N5OS. The number of carbonyl (C=O) groups excluding carboxylic acids is 1. The smallest absolute Gasteiger partial charge is 0.280 e. The summed E-state index contributed by atoms with van der Waals surface area (Å²) in [5.41, 5.74) is 8.06. The zero-order valence-corrected chi connectivity index (χ0v) is 10.4. The number of nitrogens with two attached hydrogens (primary N) is 1. The Hall–Kier alpha value is -1.89. The molecule has 0 atom stereocenters. The third-order valence-electron chi connectivity index (χ3n) is 2.29. The predicted molar refractivity (Wildman–Crippen MR) is 67.2 cm³/mol. The lowest BCUT2D eigenvalue weighted by atomic mass is 10.2. The van der Waals surface area contributed by atoms with Gasteiger partial charge < -0.3 is 5.73 Å². The second kappa shape index (κ2) is 4.54. The predicted octanol–water partition coefficient (Wildman–Crippen LogP) is 1.57. The Morgan fingerprint density at radius 3 is 2.94 bits per heavy atom. The van der Waals surface area contributed by atoms with Gasteiger partial charge in [0.15, 0.2) is 10.8 Å². The van der Waals surface area contributed by atoms with E-state index in [-0.39, 0.29) is 11.6 Å². The molecule has 4 N–H and O–H groups in total. The van der Waals surface area contributed by atoms with Crippen molar-refractivity contribution in [3.63, 3.8) is 0 Å². The van der Waals surface area contributed by atoms with Crippen molar-refractivity contribution in [1.29, 1.82) is 0 Å². The number of nitrogens with one attached hydrogen (secondary N) is 2. The number of nitrogen functional groups attached to an aromatic ring is 1. The molecule has 0 saturated carbocycles. The highest BCUT2D eigenvalue weighted by Crippen LogP contribution is 2.18. The Bertz CT molecular complexity index is 545. The normalized spacial score (nSPS) is 10.5. The minimum absolute atomic E-state index is 0.217. The fraction of sp³-hybridized carbons (Fsp3) is 0.300. The number of aryl methyl sites for hydroxylation is 2. The molecule has 2 heterocycles. The monoisotopic (exact) mass is 251 g/mol. The summed E-state index contributed by atoms with van der Waals surface area (Å²) < 4.78 is 0. The van der Waals surface area contributed by atoms with Crippen LogP contribution in [0.25, 0.3) is 0 Å². The second-order valence-corrected chi connectivity index (χ2v) is 4.42. The Labute approximate surface area is 102 Å². The lowest BCUT2D eigenvalue weighted by molar-refractivity contribution is 0.102. The highest BCUT2D eigenvalue weighted by Gasteiger charge is 2.17. The summed E-state index contributed by atoms with van der Waals surface area (Å²) in [6.45, 7) is 3.81. The number of carbonyl (C=O) groups is 1. The number of anilines is 2. The Morgan fingerprint density at radius 1 is 1.65 bits per heavy atom. The fourth-order valence-electron chi connectivity index (χ4n) is 1.40. The Kier molecular flexibility index (Phi) is 3.10. The van der Waals surface area contributed by atoms with Crippen molar-refractivity contribution in [3.05, 3.63) is 22.5 Å². The molecule has 2 aromatic heterocycles. The third kappa shape index (κ3) is 2.28. The molecule has 0 aliphatic heterocycles. The van der Waals surface area contributed by atoms with E-state index in [4.69, 9.17) is 5.73 Å². The van der Waals surface area contributed by atoms with Crippen LogP contribution in [-0.4, -0.2) is 21.1 Å². The van der Waals surface area contributed by atoms with Crippen molar-refractivity contribution in [2.75, 3.05) is 11.1 Å². The van der Waals surface area contributed by atoms with Crippen LogP contribution in [0.4, 0.5) is 10.8 Å². The minimum Gasteiger partial charge on any atom is -0.395 e. The number of nitrogens with zero attached hydrogens (tertiary/aromatic N) is 2. The first-order valence-corrected chi connectivity index (χ1v) is 6.06. The lowest BCUT2D eigenvalue weighted by Gasteiger charge is -1.99. The highest BCUT2D eigenvalue weighted by atomic mass is 32.1. The summed E-state index contributed by atoms with van der Waals surface area (Å²) in [6.07, 6.45) is 0.711. The number of thiazole rings is 1. The lowest BCUT2D eigenvalue weighted by Crippen LogP contribution is -2.14. The first-order chi connectivity index (χ1) is 8.11. The standard InChI is InChI=1S/C10H13N5OS/c1-3-6-7(11)8(15-14-6)9(16)13-10-12-5(2)4-17-10/h4H,3,11H2,1-2H3,(H,14,15)(H,12,13,16). The fourth-order valence-corrected chi connectivity index (χ4v) is 2.08. The summed E-state index contributed by atoms with van der Waals surface area (Å²) in [5, 5.41) is 11.7. The van der Waals surface area contributed by atoms with Crippen molar-refractivity contribution in [2.45, 2.75) is 20.3 Å². The molecule has 0 fully saturated rings. The average molecular weight is 251 g/mol. The van der Waals surface area contributed by atoms with Crippen molar-refractivity contribution in [2.24, 2.45) is 0 Å². The van der Waals surface area contributed by atoms with Crippen LogP contribution in [0.5, 0.6) is 0 Å². The van der Waals surface area contributed by atoms with Gasteiger partial charge in [0.05, 0.1) is 17.1 Å². The van der Waals surface area contributed by atoms with E-state index in [1.165, 1.54) is 11.3 Å². The van der Waals surface area contributed by atoms with E-state index in [1.807, 2.05) is 19.2 Å². The maximum absolute atomic E-state index is 11.9. The SMILES string of the molecule is CCc1[nH]nc(C(=O)Nc2nc(C)cs2)c1N. The molecule has 2 aromatic rings. The number of aromatic amines is 1. The molecular weight excluding hydrogens is 238 g/mol. The molecule has 17 heavy (non-hydrogen) atoms. The largest absolute Gasteiger partial charge is 0.395 e.